The fourth-order valence-corrected chi connectivity index (χ4v) is 4.87. The van der Waals surface area contributed by atoms with Gasteiger partial charge in [0.1, 0.15) is 5.75 Å². The first-order valence-electron chi connectivity index (χ1n) is 9.16. The number of nitrogens with zero attached hydrogens (tertiary/aromatic N) is 2. The molecule has 25 heavy (non-hydrogen) atoms. The Balaban J connectivity index is 1.61. The van der Waals surface area contributed by atoms with Crippen LogP contribution < -0.4 is 4.74 Å². The molecule has 0 amide bonds. The van der Waals surface area contributed by atoms with Gasteiger partial charge in [0.15, 0.2) is 5.72 Å². The average Bonchev–Trinajstić information content (AvgIpc) is 3.11. The quantitative estimate of drug-likeness (QED) is 0.621. The third kappa shape index (κ3) is 2.50. The van der Waals surface area contributed by atoms with Gasteiger partial charge < -0.3 is 4.74 Å². The zero-order chi connectivity index (χ0) is 16.9. The maximum Gasteiger partial charge on any atom is 0.198 e. The zero-order valence-corrected chi connectivity index (χ0v) is 15.7. The van der Waals surface area contributed by atoms with Crippen molar-refractivity contribution in [3.63, 3.8) is 0 Å². The summed E-state index contributed by atoms with van der Waals surface area (Å²) in [5.41, 5.74) is 3.38. The Morgan fingerprint density at radius 2 is 1.84 bits per heavy atom. The van der Waals surface area contributed by atoms with Gasteiger partial charge >= 0.3 is 0 Å². The van der Waals surface area contributed by atoms with Crippen LogP contribution in [0.4, 0.5) is 0 Å². The second kappa shape index (κ2) is 5.87. The lowest BCUT2D eigenvalue weighted by Crippen LogP contribution is -2.54. The van der Waals surface area contributed by atoms with Crippen LogP contribution in [-0.4, -0.2) is 16.4 Å². The second-order valence-electron chi connectivity index (χ2n) is 7.27. The lowest BCUT2D eigenvalue weighted by Gasteiger charge is -2.49. The number of rotatable bonds is 1. The van der Waals surface area contributed by atoms with E-state index in [1.807, 2.05) is 0 Å². The van der Waals surface area contributed by atoms with Crippen molar-refractivity contribution in [2.75, 3.05) is 0 Å². The topological polar surface area (TPSA) is 24.8 Å². The van der Waals surface area contributed by atoms with Crippen LogP contribution in [0, 0.1) is 0 Å². The van der Waals surface area contributed by atoms with E-state index in [-0.39, 0.29) is 11.8 Å². The Morgan fingerprint density at radius 3 is 2.64 bits per heavy atom. The lowest BCUT2D eigenvalue weighted by atomic mass is 9.86. The molecule has 1 atom stereocenters. The normalized spacial score (nSPS) is 23.6. The fraction of sp³-hybridized carbons (Fsp3) is 0.381. The van der Waals surface area contributed by atoms with E-state index >= 15 is 0 Å². The molecule has 0 unspecified atom stereocenters. The number of halogens is 1. The van der Waals surface area contributed by atoms with Crippen molar-refractivity contribution >= 4 is 21.6 Å². The Hall–Kier alpha value is -1.81. The molecule has 0 N–H and O–H groups in total. The zero-order valence-electron chi connectivity index (χ0n) is 14.1. The molecule has 2 heterocycles. The van der Waals surface area contributed by atoms with Gasteiger partial charge in [0, 0.05) is 29.3 Å². The van der Waals surface area contributed by atoms with E-state index in [1.54, 1.807) is 0 Å². The highest BCUT2D eigenvalue weighted by atomic mass is 79.9. The maximum absolute atomic E-state index is 6.61. The number of hydrogen-bond acceptors (Lipinski definition) is 3. The third-order valence-electron chi connectivity index (χ3n) is 5.70. The molecule has 1 spiro atoms. The molecule has 4 heteroatoms. The monoisotopic (exact) mass is 396 g/mol. The van der Waals surface area contributed by atoms with Gasteiger partial charge in [0.25, 0.3) is 0 Å². The van der Waals surface area contributed by atoms with E-state index in [0.717, 1.165) is 29.5 Å². The highest BCUT2D eigenvalue weighted by Crippen LogP contribution is 2.51. The summed E-state index contributed by atoms with van der Waals surface area (Å²) in [7, 11) is 0. The predicted octanol–water partition coefficient (Wildman–Crippen LogP) is 5.65. The van der Waals surface area contributed by atoms with E-state index in [1.165, 1.54) is 36.1 Å². The second-order valence-corrected chi connectivity index (χ2v) is 8.18. The van der Waals surface area contributed by atoms with Gasteiger partial charge in [-0.2, -0.15) is 5.10 Å². The molecule has 1 fully saturated rings. The van der Waals surface area contributed by atoms with Crippen molar-refractivity contribution in [2.24, 2.45) is 5.10 Å². The highest BCUT2D eigenvalue weighted by molar-refractivity contribution is 9.10. The minimum Gasteiger partial charge on any atom is -0.466 e. The maximum atomic E-state index is 6.61. The van der Waals surface area contributed by atoms with Crippen molar-refractivity contribution in [2.45, 2.75) is 50.3 Å². The lowest BCUT2D eigenvalue weighted by molar-refractivity contribution is -0.140. The van der Waals surface area contributed by atoms with Crippen molar-refractivity contribution < 1.29 is 4.74 Å². The minimum atomic E-state index is -0.264. The Kier molecular flexibility index (Phi) is 3.63. The molecule has 0 saturated heterocycles. The first-order chi connectivity index (χ1) is 12.3. The molecule has 5 rings (SSSR count). The summed E-state index contributed by atoms with van der Waals surface area (Å²) in [5.74, 6) is 1.04. The molecule has 3 aliphatic rings. The Morgan fingerprint density at radius 1 is 1.04 bits per heavy atom. The van der Waals surface area contributed by atoms with E-state index in [2.05, 4.69) is 69.5 Å². The number of ether oxygens (including phenoxy) is 1. The van der Waals surface area contributed by atoms with Gasteiger partial charge in [-0.3, -0.25) is 0 Å². The predicted molar refractivity (Wildman–Crippen MR) is 103 cm³/mol. The fourth-order valence-electron chi connectivity index (χ4n) is 4.49. The molecule has 0 bridgehead atoms. The van der Waals surface area contributed by atoms with Crippen molar-refractivity contribution in [3.05, 3.63) is 64.1 Å². The Labute approximate surface area is 156 Å². The van der Waals surface area contributed by atoms with Crippen LogP contribution in [0.25, 0.3) is 0 Å². The van der Waals surface area contributed by atoms with Crippen LogP contribution >= 0.6 is 15.9 Å². The molecule has 2 aromatic rings. The van der Waals surface area contributed by atoms with Crippen LogP contribution in [-0.2, 0) is 0 Å². The van der Waals surface area contributed by atoms with E-state index < -0.39 is 0 Å². The molecule has 128 valence electrons. The van der Waals surface area contributed by atoms with Gasteiger partial charge in [0.05, 0.1) is 11.8 Å². The SMILES string of the molecule is Brc1ccc2c(c1)[C@H]1CC(c3ccccc3)=NN1C1(CCCCC1)O2. The largest absolute Gasteiger partial charge is 0.466 e. The molecule has 3 nitrogen and oxygen atoms in total. The van der Waals surface area contributed by atoms with Crippen LogP contribution in [0.1, 0.15) is 55.7 Å². The summed E-state index contributed by atoms with van der Waals surface area (Å²) in [6, 6.07) is 17.2. The summed E-state index contributed by atoms with van der Waals surface area (Å²) in [6.45, 7) is 0. The number of fused-ring (bicyclic) bond motifs is 4. The van der Waals surface area contributed by atoms with Crippen LogP contribution in [0.2, 0.25) is 0 Å². The number of hydrazone groups is 1. The minimum absolute atomic E-state index is 0.264. The van der Waals surface area contributed by atoms with Crippen LogP contribution in [0.15, 0.2) is 58.1 Å². The summed E-state index contributed by atoms with van der Waals surface area (Å²) in [4.78, 5) is 0. The van der Waals surface area contributed by atoms with Gasteiger partial charge in [-0.1, -0.05) is 52.7 Å². The van der Waals surface area contributed by atoms with Gasteiger partial charge in [-0.15, -0.1) is 0 Å². The van der Waals surface area contributed by atoms with Gasteiger partial charge in [0.2, 0.25) is 0 Å². The molecule has 2 aliphatic heterocycles. The molecular weight excluding hydrogens is 376 g/mol. The summed E-state index contributed by atoms with van der Waals surface area (Å²) in [6.07, 6.45) is 6.79. The van der Waals surface area contributed by atoms with E-state index in [9.17, 15) is 0 Å². The standard InChI is InChI=1S/C21H21BrN2O/c22-16-9-10-20-17(13-16)19-14-18(15-7-3-1-4-8-15)23-24(19)21(25-20)11-5-2-6-12-21/h1,3-4,7-10,13,19H,2,5-6,11-12,14H2/t19-/m1/s1. The highest BCUT2D eigenvalue weighted by Gasteiger charge is 2.50. The molecule has 1 aliphatic carbocycles. The molecule has 0 aromatic heterocycles. The van der Waals surface area contributed by atoms with Crippen molar-refractivity contribution in [1.29, 1.82) is 0 Å². The van der Waals surface area contributed by atoms with Crippen LogP contribution in [0.5, 0.6) is 5.75 Å². The van der Waals surface area contributed by atoms with Crippen molar-refractivity contribution in [1.82, 2.24) is 5.01 Å². The summed E-state index contributed by atoms with van der Waals surface area (Å²) < 4.78 is 7.71. The molecule has 1 saturated carbocycles. The molecular formula is C21H21BrN2O. The summed E-state index contributed by atoms with van der Waals surface area (Å²) >= 11 is 3.62. The summed E-state index contributed by atoms with van der Waals surface area (Å²) in [5, 5.41) is 7.39. The van der Waals surface area contributed by atoms with E-state index in [0.29, 0.717) is 0 Å². The van der Waals surface area contributed by atoms with Gasteiger partial charge in [-0.25, -0.2) is 5.01 Å². The molecule has 0 radical (unpaired) electrons. The van der Waals surface area contributed by atoms with E-state index in [4.69, 9.17) is 9.84 Å². The smallest absolute Gasteiger partial charge is 0.198 e. The van der Waals surface area contributed by atoms with Gasteiger partial charge in [-0.05, 0) is 36.6 Å². The van der Waals surface area contributed by atoms with Crippen molar-refractivity contribution in [3.8, 4) is 5.75 Å². The Bertz CT molecular complexity index is 827. The third-order valence-corrected chi connectivity index (χ3v) is 6.19. The number of hydrogen-bond donors (Lipinski definition) is 0. The first-order valence-corrected chi connectivity index (χ1v) is 9.95. The number of benzene rings is 2. The van der Waals surface area contributed by atoms with Crippen LogP contribution in [0.3, 0.4) is 0 Å². The average molecular weight is 397 g/mol. The first kappa shape index (κ1) is 15.4. The molecule has 2 aromatic carbocycles.